The Balaban J connectivity index is 1.80. The van der Waals surface area contributed by atoms with Gasteiger partial charge in [0, 0.05) is 18.0 Å². The zero-order chi connectivity index (χ0) is 16.1. The number of anilines is 1. The Hall–Kier alpha value is -2.18. The van der Waals surface area contributed by atoms with Crippen LogP contribution in [0.25, 0.3) is 0 Å². The Morgan fingerprint density at radius 1 is 1.39 bits per heavy atom. The molecule has 0 N–H and O–H groups in total. The summed E-state index contributed by atoms with van der Waals surface area (Å²) in [5.41, 5.74) is 1.01. The van der Waals surface area contributed by atoms with Crippen LogP contribution in [0.5, 0.6) is 5.75 Å². The molecule has 3 rings (SSSR count). The molecule has 1 unspecified atom stereocenters. The van der Waals surface area contributed by atoms with Crippen LogP contribution in [0.4, 0.5) is 5.13 Å². The van der Waals surface area contributed by atoms with E-state index in [0.717, 1.165) is 11.3 Å². The number of methoxy groups -OCH3 is 1. The van der Waals surface area contributed by atoms with Crippen LogP contribution < -0.4 is 9.64 Å². The fraction of sp³-hybridized carbons (Fsp3) is 0.294. The number of hydrogen-bond acceptors (Lipinski definition) is 5. The number of amides is 1. The number of benzene rings is 1. The number of carbonyl (C=O) groups excluding carboxylic acids is 1. The summed E-state index contributed by atoms with van der Waals surface area (Å²) in [5, 5.41) is 2.55. The van der Waals surface area contributed by atoms with Gasteiger partial charge in [-0.25, -0.2) is 4.98 Å². The number of hydrogen-bond donors (Lipinski definition) is 0. The normalized spacial score (nSPS) is 17.0. The topological polar surface area (TPSA) is 51.7 Å². The van der Waals surface area contributed by atoms with E-state index in [1.807, 2.05) is 41.8 Å². The van der Waals surface area contributed by atoms with Crippen molar-refractivity contribution in [2.24, 2.45) is 0 Å². The maximum atomic E-state index is 12.8. The molecule has 1 aliphatic heterocycles. The van der Waals surface area contributed by atoms with Crippen LogP contribution in [0, 0.1) is 0 Å². The number of carbonyl (C=O) groups is 1. The Morgan fingerprint density at radius 2 is 2.22 bits per heavy atom. The molecule has 2 aromatic rings. The van der Waals surface area contributed by atoms with Crippen LogP contribution in [-0.4, -0.2) is 30.7 Å². The first-order valence-corrected chi connectivity index (χ1v) is 8.26. The Bertz CT molecular complexity index is 668. The van der Waals surface area contributed by atoms with Crippen LogP contribution in [0.2, 0.25) is 0 Å². The lowest BCUT2D eigenvalue weighted by atomic mass is 10.1. The van der Waals surface area contributed by atoms with E-state index in [1.54, 1.807) is 18.2 Å². The molecule has 0 aliphatic carbocycles. The van der Waals surface area contributed by atoms with Gasteiger partial charge in [-0.2, -0.15) is 0 Å². The van der Waals surface area contributed by atoms with Crippen molar-refractivity contribution in [3.05, 3.63) is 53.6 Å². The summed E-state index contributed by atoms with van der Waals surface area (Å²) in [6, 6.07) is 7.68. The molecule has 1 atom stereocenters. The highest BCUT2D eigenvalue weighted by molar-refractivity contribution is 7.13. The second-order valence-corrected chi connectivity index (χ2v) is 5.99. The maximum absolute atomic E-state index is 12.8. The molecule has 0 spiro atoms. The number of aromatic nitrogens is 1. The minimum absolute atomic E-state index is 0.0554. The first-order valence-electron chi connectivity index (χ1n) is 7.38. The lowest BCUT2D eigenvalue weighted by Crippen LogP contribution is -2.41. The van der Waals surface area contributed by atoms with Gasteiger partial charge in [0.25, 0.3) is 5.91 Å². The zero-order valence-corrected chi connectivity index (χ0v) is 13.7. The van der Waals surface area contributed by atoms with Gasteiger partial charge < -0.3 is 9.47 Å². The van der Waals surface area contributed by atoms with E-state index in [4.69, 9.17) is 9.47 Å². The van der Waals surface area contributed by atoms with Crippen molar-refractivity contribution in [1.82, 2.24) is 4.98 Å². The predicted octanol–water partition coefficient (Wildman–Crippen LogP) is 3.03. The van der Waals surface area contributed by atoms with Crippen molar-refractivity contribution in [1.29, 1.82) is 0 Å². The molecule has 5 nitrogen and oxygen atoms in total. The van der Waals surface area contributed by atoms with Gasteiger partial charge in [-0.1, -0.05) is 24.3 Å². The van der Waals surface area contributed by atoms with Crippen LogP contribution in [-0.2, 0) is 16.1 Å². The molecule has 1 amide bonds. The van der Waals surface area contributed by atoms with Crippen molar-refractivity contribution in [2.75, 3.05) is 18.6 Å². The van der Waals surface area contributed by atoms with Gasteiger partial charge in [0.2, 0.25) is 0 Å². The molecular formula is C17H18N2O3S. The average molecular weight is 330 g/mol. The highest BCUT2D eigenvalue weighted by Gasteiger charge is 2.28. The lowest BCUT2D eigenvalue weighted by Gasteiger charge is -2.26. The quantitative estimate of drug-likeness (QED) is 0.791. The van der Waals surface area contributed by atoms with Crippen molar-refractivity contribution < 1.29 is 14.3 Å². The van der Waals surface area contributed by atoms with Gasteiger partial charge in [0.15, 0.2) is 5.13 Å². The number of thiazole rings is 1. The molecule has 0 fully saturated rings. The van der Waals surface area contributed by atoms with E-state index >= 15 is 0 Å². The van der Waals surface area contributed by atoms with Crippen LogP contribution in [0.3, 0.4) is 0 Å². The third kappa shape index (κ3) is 3.78. The maximum Gasteiger partial charge on any atom is 0.258 e. The van der Waals surface area contributed by atoms with Crippen LogP contribution in [0.15, 0.2) is 48.0 Å². The smallest absolute Gasteiger partial charge is 0.258 e. The van der Waals surface area contributed by atoms with E-state index in [-0.39, 0.29) is 5.91 Å². The molecule has 1 aromatic heterocycles. The van der Waals surface area contributed by atoms with Gasteiger partial charge >= 0.3 is 0 Å². The van der Waals surface area contributed by atoms with E-state index in [2.05, 4.69) is 4.98 Å². The van der Waals surface area contributed by atoms with E-state index in [1.165, 1.54) is 11.3 Å². The third-order valence-electron chi connectivity index (χ3n) is 3.60. The number of rotatable bonds is 5. The second kappa shape index (κ2) is 7.39. The first-order chi connectivity index (χ1) is 11.3. The molecule has 1 aliphatic rings. The SMILES string of the molecule is COc1ccc(CN(C(=O)C2CC=CCO2)c2nccs2)cc1. The fourth-order valence-electron chi connectivity index (χ4n) is 2.38. The molecule has 120 valence electrons. The van der Waals surface area contributed by atoms with Crippen LogP contribution in [0.1, 0.15) is 12.0 Å². The molecule has 2 heterocycles. The summed E-state index contributed by atoms with van der Waals surface area (Å²) in [6.07, 6.45) is 5.78. The van der Waals surface area contributed by atoms with Crippen molar-refractivity contribution in [3.8, 4) is 5.75 Å². The fourth-order valence-corrected chi connectivity index (χ4v) is 3.02. The summed E-state index contributed by atoms with van der Waals surface area (Å²) >= 11 is 1.45. The molecule has 0 saturated carbocycles. The number of nitrogens with zero attached hydrogens (tertiary/aromatic N) is 2. The standard InChI is InChI=1S/C17H18N2O3S/c1-21-14-7-5-13(6-8-14)12-19(17-18-9-11-23-17)16(20)15-4-2-3-10-22-15/h2-3,5-9,11,15H,4,10,12H2,1H3. The summed E-state index contributed by atoms with van der Waals surface area (Å²) in [5.74, 6) is 0.738. The Kier molecular flexibility index (Phi) is 5.05. The first kappa shape index (κ1) is 15.7. The Labute approximate surface area is 139 Å². The summed E-state index contributed by atoms with van der Waals surface area (Å²) < 4.78 is 10.7. The van der Waals surface area contributed by atoms with E-state index in [9.17, 15) is 4.79 Å². The predicted molar refractivity (Wildman–Crippen MR) is 89.8 cm³/mol. The summed E-state index contributed by atoms with van der Waals surface area (Å²) in [6.45, 7) is 0.935. The highest BCUT2D eigenvalue weighted by atomic mass is 32.1. The molecule has 1 aromatic carbocycles. The summed E-state index contributed by atoms with van der Waals surface area (Å²) in [4.78, 5) is 18.8. The minimum atomic E-state index is -0.442. The molecule has 23 heavy (non-hydrogen) atoms. The molecule has 0 saturated heterocycles. The van der Waals surface area contributed by atoms with Gasteiger partial charge in [-0.3, -0.25) is 9.69 Å². The van der Waals surface area contributed by atoms with Gasteiger partial charge in [-0.05, 0) is 17.7 Å². The average Bonchev–Trinajstić information content (AvgIpc) is 3.15. The van der Waals surface area contributed by atoms with Gasteiger partial charge in [-0.15, -0.1) is 11.3 Å². The zero-order valence-electron chi connectivity index (χ0n) is 12.8. The summed E-state index contributed by atoms with van der Waals surface area (Å²) in [7, 11) is 1.63. The second-order valence-electron chi connectivity index (χ2n) is 5.12. The van der Waals surface area contributed by atoms with E-state index < -0.39 is 6.10 Å². The molecule has 0 radical (unpaired) electrons. The molecule has 6 heteroatoms. The van der Waals surface area contributed by atoms with Gasteiger partial charge in [0.1, 0.15) is 11.9 Å². The van der Waals surface area contributed by atoms with E-state index in [0.29, 0.717) is 24.7 Å². The Morgan fingerprint density at radius 3 is 2.83 bits per heavy atom. The lowest BCUT2D eigenvalue weighted by molar-refractivity contribution is -0.129. The van der Waals surface area contributed by atoms with Crippen molar-refractivity contribution in [3.63, 3.8) is 0 Å². The van der Waals surface area contributed by atoms with Gasteiger partial charge in [0.05, 0.1) is 20.3 Å². The highest BCUT2D eigenvalue weighted by Crippen LogP contribution is 2.24. The number of ether oxygens (including phenoxy) is 2. The molecular weight excluding hydrogens is 312 g/mol. The largest absolute Gasteiger partial charge is 0.497 e. The third-order valence-corrected chi connectivity index (χ3v) is 4.40. The monoisotopic (exact) mass is 330 g/mol. The minimum Gasteiger partial charge on any atom is -0.497 e. The van der Waals surface area contributed by atoms with Crippen molar-refractivity contribution in [2.45, 2.75) is 19.1 Å². The van der Waals surface area contributed by atoms with Crippen molar-refractivity contribution >= 4 is 22.4 Å². The van der Waals surface area contributed by atoms with Crippen LogP contribution >= 0.6 is 11.3 Å². The molecule has 0 bridgehead atoms.